The molecule has 2 aromatic rings. The van der Waals surface area contributed by atoms with Gasteiger partial charge >= 0.3 is 0 Å². The molecule has 0 radical (unpaired) electrons. The summed E-state index contributed by atoms with van der Waals surface area (Å²) in [6, 6.07) is 12.3. The Hall–Kier alpha value is -1.54. The van der Waals surface area contributed by atoms with Crippen molar-refractivity contribution in [1.82, 2.24) is 0 Å². The minimum Gasteiger partial charge on any atom is -0.497 e. The van der Waals surface area contributed by atoms with Crippen molar-refractivity contribution in [2.75, 3.05) is 7.11 Å². The van der Waals surface area contributed by atoms with Gasteiger partial charge in [0, 0.05) is 0 Å². The van der Waals surface area contributed by atoms with Gasteiger partial charge in [-0.2, -0.15) is 0 Å². The fourth-order valence-electron chi connectivity index (χ4n) is 3.57. The molecule has 1 unspecified atom stereocenters. The topological polar surface area (TPSA) is 29.5 Å². The molecule has 2 nitrogen and oxygen atoms in total. The van der Waals surface area contributed by atoms with E-state index in [1.807, 2.05) is 12.1 Å². The van der Waals surface area contributed by atoms with Crippen LogP contribution in [-0.2, 0) is 0 Å². The summed E-state index contributed by atoms with van der Waals surface area (Å²) in [7, 11) is 1.68. The number of hydrogen-bond acceptors (Lipinski definition) is 2. The van der Waals surface area contributed by atoms with Gasteiger partial charge in [0.05, 0.1) is 13.2 Å². The second kappa shape index (κ2) is 5.69. The van der Waals surface area contributed by atoms with Gasteiger partial charge in [0.25, 0.3) is 0 Å². The van der Waals surface area contributed by atoms with Crippen LogP contribution in [0.2, 0.25) is 0 Å². The van der Waals surface area contributed by atoms with E-state index in [0.29, 0.717) is 0 Å². The third-order valence-electron chi connectivity index (χ3n) is 5.04. The number of ether oxygens (including phenoxy) is 1. The highest BCUT2D eigenvalue weighted by Gasteiger charge is 2.35. The Bertz CT molecular complexity index is 626. The molecule has 1 aliphatic rings. The minimum atomic E-state index is -0.371. The van der Waals surface area contributed by atoms with E-state index in [2.05, 4.69) is 31.2 Å². The van der Waals surface area contributed by atoms with Crippen LogP contribution in [0.15, 0.2) is 36.4 Å². The van der Waals surface area contributed by atoms with Crippen molar-refractivity contribution in [3.05, 3.63) is 42.0 Å². The molecule has 0 spiro atoms. The molecule has 3 rings (SSSR count). The molecule has 0 amide bonds. The van der Waals surface area contributed by atoms with Crippen LogP contribution >= 0.6 is 0 Å². The van der Waals surface area contributed by atoms with Crippen LogP contribution < -0.4 is 4.74 Å². The molecule has 21 heavy (non-hydrogen) atoms. The SMILES string of the molecule is COc1ccc2cc(C(O)C3(C)CCCCC3)ccc2c1. The fourth-order valence-corrected chi connectivity index (χ4v) is 3.57. The largest absolute Gasteiger partial charge is 0.497 e. The highest BCUT2D eigenvalue weighted by molar-refractivity contribution is 5.84. The summed E-state index contributed by atoms with van der Waals surface area (Å²) in [5, 5.41) is 13.2. The maximum atomic E-state index is 10.8. The van der Waals surface area contributed by atoms with Gasteiger partial charge in [-0.25, -0.2) is 0 Å². The Morgan fingerprint density at radius 1 is 1.00 bits per heavy atom. The molecule has 1 atom stereocenters. The van der Waals surface area contributed by atoms with E-state index >= 15 is 0 Å². The smallest absolute Gasteiger partial charge is 0.119 e. The van der Waals surface area contributed by atoms with E-state index in [1.165, 1.54) is 19.3 Å². The Morgan fingerprint density at radius 2 is 1.67 bits per heavy atom. The molecule has 0 saturated heterocycles. The van der Waals surface area contributed by atoms with Crippen molar-refractivity contribution < 1.29 is 9.84 Å². The highest BCUT2D eigenvalue weighted by Crippen LogP contribution is 2.45. The van der Waals surface area contributed by atoms with E-state index in [9.17, 15) is 5.11 Å². The van der Waals surface area contributed by atoms with E-state index in [4.69, 9.17) is 4.74 Å². The van der Waals surface area contributed by atoms with E-state index < -0.39 is 0 Å². The van der Waals surface area contributed by atoms with Gasteiger partial charge < -0.3 is 9.84 Å². The lowest BCUT2D eigenvalue weighted by Crippen LogP contribution is -2.28. The molecule has 0 bridgehead atoms. The summed E-state index contributed by atoms with van der Waals surface area (Å²) in [6.07, 6.45) is 5.64. The summed E-state index contributed by atoms with van der Waals surface area (Å²) in [5.41, 5.74) is 1.07. The highest BCUT2D eigenvalue weighted by atomic mass is 16.5. The van der Waals surface area contributed by atoms with Crippen LogP contribution in [0.4, 0.5) is 0 Å². The Kier molecular flexibility index (Phi) is 3.90. The van der Waals surface area contributed by atoms with Crippen LogP contribution in [0.1, 0.15) is 50.7 Å². The number of hydrogen-bond donors (Lipinski definition) is 1. The lowest BCUT2D eigenvalue weighted by Gasteiger charge is -2.38. The second-order valence-electron chi connectivity index (χ2n) is 6.59. The number of aliphatic hydroxyl groups excluding tert-OH is 1. The van der Waals surface area contributed by atoms with Gasteiger partial charge in [0.1, 0.15) is 5.75 Å². The monoisotopic (exact) mass is 284 g/mol. The van der Waals surface area contributed by atoms with Crippen molar-refractivity contribution in [3.8, 4) is 5.75 Å². The lowest BCUT2D eigenvalue weighted by atomic mass is 9.70. The summed E-state index contributed by atoms with van der Waals surface area (Å²) in [5.74, 6) is 0.870. The third-order valence-corrected chi connectivity index (χ3v) is 5.04. The van der Waals surface area contributed by atoms with Gasteiger partial charge in [-0.3, -0.25) is 0 Å². The van der Waals surface area contributed by atoms with Crippen LogP contribution in [0, 0.1) is 5.41 Å². The van der Waals surface area contributed by atoms with Gasteiger partial charge in [-0.15, -0.1) is 0 Å². The second-order valence-corrected chi connectivity index (χ2v) is 6.59. The number of rotatable bonds is 3. The van der Waals surface area contributed by atoms with Gasteiger partial charge in [-0.1, -0.05) is 44.4 Å². The van der Waals surface area contributed by atoms with Crippen LogP contribution in [0.5, 0.6) is 5.75 Å². The van der Waals surface area contributed by atoms with Crippen molar-refractivity contribution >= 4 is 10.8 Å². The van der Waals surface area contributed by atoms with Crippen molar-refractivity contribution in [3.63, 3.8) is 0 Å². The standard InChI is InChI=1S/C19H24O2/c1-19(10-4-3-5-11-19)18(20)16-7-6-15-13-17(21-2)9-8-14(15)12-16/h6-9,12-13,18,20H,3-5,10-11H2,1-2H3. The molecule has 1 aliphatic carbocycles. The quantitative estimate of drug-likeness (QED) is 0.872. The van der Waals surface area contributed by atoms with Gasteiger partial charge in [0.2, 0.25) is 0 Å². The van der Waals surface area contributed by atoms with Crippen molar-refractivity contribution in [1.29, 1.82) is 0 Å². The Morgan fingerprint density at radius 3 is 2.38 bits per heavy atom. The van der Waals surface area contributed by atoms with Gasteiger partial charge in [-0.05, 0) is 52.8 Å². The van der Waals surface area contributed by atoms with Crippen molar-refractivity contribution in [2.24, 2.45) is 5.41 Å². The molecule has 0 aromatic heterocycles. The lowest BCUT2D eigenvalue weighted by molar-refractivity contribution is 0.00828. The average molecular weight is 284 g/mol. The third kappa shape index (κ3) is 2.77. The zero-order valence-electron chi connectivity index (χ0n) is 12.9. The molecular weight excluding hydrogens is 260 g/mol. The predicted octanol–water partition coefficient (Wildman–Crippen LogP) is 4.85. The summed E-state index contributed by atoms with van der Waals surface area (Å²) in [6.45, 7) is 2.23. The normalized spacial score (nSPS) is 19.4. The Labute approximate surface area is 126 Å². The predicted molar refractivity (Wildman–Crippen MR) is 86.7 cm³/mol. The van der Waals surface area contributed by atoms with Crippen LogP contribution in [0.25, 0.3) is 10.8 Å². The molecule has 1 N–H and O–H groups in total. The molecule has 112 valence electrons. The summed E-state index contributed by atoms with van der Waals surface area (Å²) in [4.78, 5) is 0. The Balaban J connectivity index is 1.93. The van der Waals surface area contributed by atoms with Crippen molar-refractivity contribution in [2.45, 2.75) is 45.1 Å². The molecule has 0 aliphatic heterocycles. The number of methoxy groups -OCH3 is 1. The number of benzene rings is 2. The average Bonchev–Trinajstić information content (AvgIpc) is 2.53. The first-order valence-electron chi connectivity index (χ1n) is 7.88. The fraction of sp³-hybridized carbons (Fsp3) is 0.474. The zero-order chi connectivity index (χ0) is 14.9. The molecule has 2 aromatic carbocycles. The summed E-state index contributed by atoms with van der Waals surface area (Å²) < 4.78 is 5.26. The first-order chi connectivity index (χ1) is 10.1. The van der Waals surface area contributed by atoms with Gasteiger partial charge in [0.15, 0.2) is 0 Å². The number of fused-ring (bicyclic) bond motifs is 1. The first kappa shape index (κ1) is 14.4. The zero-order valence-corrected chi connectivity index (χ0v) is 12.9. The number of aliphatic hydroxyl groups is 1. The first-order valence-corrected chi connectivity index (χ1v) is 7.88. The molecule has 2 heteroatoms. The molecular formula is C19H24O2. The summed E-state index contributed by atoms with van der Waals surface area (Å²) >= 11 is 0. The van der Waals surface area contributed by atoms with Crippen LogP contribution in [0.3, 0.4) is 0 Å². The van der Waals surface area contributed by atoms with E-state index in [0.717, 1.165) is 34.9 Å². The minimum absolute atomic E-state index is 0.0262. The van der Waals surface area contributed by atoms with Crippen LogP contribution in [-0.4, -0.2) is 12.2 Å². The maximum Gasteiger partial charge on any atom is 0.119 e. The van der Waals surface area contributed by atoms with E-state index in [1.54, 1.807) is 7.11 Å². The molecule has 1 fully saturated rings. The molecule has 1 saturated carbocycles. The van der Waals surface area contributed by atoms with E-state index in [-0.39, 0.29) is 11.5 Å². The molecule has 0 heterocycles. The maximum absolute atomic E-state index is 10.8.